The molecule has 1 aliphatic carbocycles. The molecule has 1 aliphatic rings. The smallest absolute Gasteiger partial charge is 0.0864 e. The van der Waals surface area contributed by atoms with Crippen LogP contribution in [0, 0.1) is 0 Å². The zero-order valence-corrected chi connectivity index (χ0v) is 12.5. The first-order valence-electron chi connectivity index (χ1n) is 6.56. The van der Waals surface area contributed by atoms with Gasteiger partial charge in [-0.2, -0.15) is 0 Å². The van der Waals surface area contributed by atoms with Gasteiger partial charge in [-0.1, -0.05) is 12.1 Å². The summed E-state index contributed by atoms with van der Waals surface area (Å²) in [6.45, 7) is 0.856. The SMILES string of the molecule is COC1(CNc2ccnc3c(Br)cccc23)CCC1. The Bertz CT molecular complexity index is 590. The highest BCUT2D eigenvalue weighted by Gasteiger charge is 2.36. The second kappa shape index (κ2) is 5.10. The summed E-state index contributed by atoms with van der Waals surface area (Å²) in [5, 5.41) is 4.66. The lowest BCUT2D eigenvalue weighted by molar-refractivity contribution is -0.0601. The van der Waals surface area contributed by atoms with Crippen molar-refractivity contribution < 1.29 is 4.74 Å². The van der Waals surface area contributed by atoms with Gasteiger partial charge in [0.15, 0.2) is 0 Å². The molecule has 1 fully saturated rings. The predicted molar refractivity (Wildman–Crippen MR) is 81.5 cm³/mol. The predicted octanol–water partition coefficient (Wildman–Crippen LogP) is 3.98. The Morgan fingerprint density at radius 3 is 2.89 bits per heavy atom. The van der Waals surface area contributed by atoms with Crippen LogP contribution in [0.1, 0.15) is 19.3 Å². The Kier molecular flexibility index (Phi) is 3.46. The first-order valence-corrected chi connectivity index (χ1v) is 7.36. The minimum absolute atomic E-state index is 0.0294. The van der Waals surface area contributed by atoms with E-state index < -0.39 is 0 Å². The molecule has 3 nitrogen and oxygen atoms in total. The van der Waals surface area contributed by atoms with Crippen molar-refractivity contribution in [3.8, 4) is 0 Å². The first-order chi connectivity index (χ1) is 9.24. The van der Waals surface area contributed by atoms with Crippen LogP contribution in [0.25, 0.3) is 10.9 Å². The molecule has 1 aromatic heterocycles. The van der Waals surface area contributed by atoms with E-state index in [1.165, 1.54) is 6.42 Å². The van der Waals surface area contributed by atoms with E-state index in [9.17, 15) is 0 Å². The van der Waals surface area contributed by atoms with E-state index in [4.69, 9.17) is 4.74 Å². The summed E-state index contributed by atoms with van der Waals surface area (Å²) in [5.41, 5.74) is 2.14. The molecule has 0 bridgehead atoms. The number of para-hydroxylation sites is 1. The minimum atomic E-state index is 0.0294. The second-order valence-electron chi connectivity index (χ2n) is 5.09. The van der Waals surface area contributed by atoms with Crippen molar-refractivity contribution in [3.05, 3.63) is 34.9 Å². The molecular weight excluding hydrogens is 304 g/mol. The van der Waals surface area contributed by atoms with Crippen molar-refractivity contribution in [2.24, 2.45) is 0 Å². The molecule has 0 atom stereocenters. The number of ether oxygens (including phenoxy) is 1. The summed E-state index contributed by atoms with van der Waals surface area (Å²) in [5.74, 6) is 0. The molecule has 1 saturated carbocycles. The fraction of sp³-hybridized carbons (Fsp3) is 0.400. The Balaban J connectivity index is 1.87. The van der Waals surface area contributed by atoms with Crippen molar-refractivity contribution >= 4 is 32.5 Å². The number of nitrogens with one attached hydrogen (secondary N) is 1. The van der Waals surface area contributed by atoms with Gasteiger partial charge < -0.3 is 10.1 Å². The van der Waals surface area contributed by atoms with Crippen molar-refractivity contribution in [3.63, 3.8) is 0 Å². The third-order valence-electron chi connectivity index (χ3n) is 4.02. The molecular formula is C15H17BrN2O. The van der Waals surface area contributed by atoms with E-state index in [0.29, 0.717) is 0 Å². The number of methoxy groups -OCH3 is 1. The van der Waals surface area contributed by atoms with Gasteiger partial charge in [-0.15, -0.1) is 0 Å². The van der Waals surface area contributed by atoms with Gasteiger partial charge in [0.05, 0.1) is 11.1 Å². The maximum atomic E-state index is 5.64. The maximum Gasteiger partial charge on any atom is 0.0864 e. The largest absolute Gasteiger partial charge is 0.382 e. The topological polar surface area (TPSA) is 34.1 Å². The number of benzene rings is 1. The maximum absolute atomic E-state index is 5.64. The van der Waals surface area contributed by atoms with Gasteiger partial charge in [0, 0.05) is 35.4 Å². The van der Waals surface area contributed by atoms with Gasteiger partial charge in [0.2, 0.25) is 0 Å². The van der Waals surface area contributed by atoms with Crippen molar-refractivity contribution in [2.75, 3.05) is 19.0 Å². The average Bonchev–Trinajstić information content (AvgIpc) is 2.39. The van der Waals surface area contributed by atoms with E-state index in [1.54, 1.807) is 0 Å². The van der Waals surface area contributed by atoms with Crippen molar-refractivity contribution in [1.29, 1.82) is 0 Å². The molecule has 19 heavy (non-hydrogen) atoms. The number of rotatable bonds is 4. The summed E-state index contributed by atoms with van der Waals surface area (Å²) in [4.78, 5) is 4.42. The van der Waals surface area contributed by atoms with Gasteiger partial charge in [-0.25, -0.2) is 0 Å². The van der Waals surface area contributed by atoms with Crippen LogP contribution in [0.15, 0.2) is 34.9 Å². The van der Waals surface area contributed by atoms with Crippen LogP contribution in [0.2, 0.25) is 0 Å². The fourth-order valence-corrected chi connectivity index (χ4v) is 3.04. The molecule has 0 saturated heterocycles. The number of fused-ring (bicyclic) bond motifs is 1. The summed E-state index contributed by atoms with van der Waals surface area (Å²) >= 11 is 3.55. The van der Waals surface area contributed by atoms with E-state index in [0.717, 1.165) is 40.4 Å². The first kappa shape index (κ1) is 12.9. The number of hydrogen-bond acceptors (Lipinski definition) is 3. The van der Waals surface area contributed by atoms with E-state index in [-0.39, 0.29) is 5.60 Å². The molecule has 1 aromatic carbocycles. The zero-order chi connectivity index (χ0) is 13.3. The van der Waals surface area contributed by atoms with Crippen molar-refractivity contribution in [2.45, 2.75) is 24.9 Å². The molecule has 0 aliphatic heterocycles. The summed E-state index contributed by atoms with van der Waals surface area (Å²) in [6.07, 6.45) is 5.39. The molecule has 0 spiro atoms. The lowest BCUT2D eigenvalue weighted by atomic mass is 9.80. The quantitative estimate of drug-likeness (QED) is 0.925. The van der Waals surface area contributed by atoms with Crippen LogP contribution in [0.5, 0.6) is 0 Å². The average molecular weight is 321 g/mol. The molecule has 1 N–H and O–H groups in total. The number of pyridine rings is 1. The summed E-state index contributed by atoms with van der Waals surface area (Å²) in [6, 6.07) is 8.17. The number of halogens is 1. The highest BCUT2D eigenvalue weighted by atomic mass is 79.9. The van der Waals surface area contributed by atoms with Crippen LogP contribution in [0.3, 0.4) is 0 Å². The van der Waals surface area contributed by atoms with Gasteiger partial charge in [-0.05, 0) is 47.3 Å². The Hall–Kier alpha value is -1.13. The molecule has 3 rings (SSSR count). The van der Waals surface area contributed by atoms with E-state index in [1.807, 2.05) is 31.5 Å². The number of aromatic nitrogens is 1. The molecule has 0 unspecified atom stereocenters. The highest BCUT2D eigenvalue weighted by Crippen LogP contribution is 2.36. The summed E-state index contributed by atoms with van der Waals surface area (Å²) < 4.78 is 6.67. The lowest BCUT2D eigenvalue weighted by Gasteiger charge is -2.40. The third-order valence-corrected chi connectivity index (χ3v) is 4.66. The number of nitrogens with zero attached hydrogens (tertiary/aromatic N) is 1. The van der Waals surface area contributed by atoms with Crippen LogP contribution in [-0.2, 0) is 4.74 Å². The molecule has 0 radical (unpaired) electrons. The van der Waals surface area contributed by atoms with Crippen LogP contribution >= 0.6 is 15.9 Å². The standard InChI is InChI=1S/C15H17BrN2O/c1-19-15(7-3-8-15)10-18-13-6-9-17-14-11(13)4-2-5-12(14)16/h2,4-6,9H,3,7-8,10H2,1H3,(H,17,18). The molecule has 100 valence electrons. The highest BCUT2D eigenvalue weighted by molar-refractivity contribution is 9.10. The Morgan fingerprint density at radius 1 is 1.37 bits per heavy atom. The number of anilines is 1. The molecule has 1 heterocycles. The zero-order valence-electron chi connectivity index (χ0n) is 10.9. The third kappa shape index (κ3) is 2.35. The monoisotopic (exact) mass is 320 g/mol. The van der Waals surface area contributed by atoms with Crippen LogP contribution in [0.4, 0.5) is 5.69 Å². The van der Waals surface area contributed by atoms with Crippen LogP contribution < -0.4 is 5.32 Å². The normalized spacial score (nSPS) is 17.2. The lowest BCUT2D eigenvalue weighted by Crippen LogP contribution is -2.45. The molecule has 0 amide bonds. The summed E-state index contributed by atoms with van der Waals surface area (Å²) in [7, 11) is 1.81. The van der Waals surface area contributed by atoms with Gasteiger partial charge in [-0.3, -0.25) is 4.98 Å². The Morgan fingerprint density at radius 2 is 2.21 bits per heavy atom. The van der Waals surface area contributed by atoms with Gasteiger partial charge in [0.25, 0.3) is 0 Å². The molecule has 4 heteroatoms. The van der Waals surface area contributed by atoms with Crippen molar-refractivity contribution in [1.82, 2.24) is 4.98 Å². The number of hydrogen-bond donors (Lipinski definition) is 1. The minimum Gasteiger partial charge on any atom is -0.382 e. The fourth-order valence-electron chi connectivity index (χ4n) is 2.57. The van der Waals surface area contributed by atoms with E-state index in [2.05, 4.69) is 32.3 Å². The van der Waals surface area contributed by atoms with E-state index >= 15 is 0 Å². The molecule has 2 aromatic rings. The second-order valence-corrected chi connectivity index (χ2v) is 5.94. The van der Waals surface area contributed by atoms with Gasteiger partial charge in [0.1, 0.15) is 0 Å². The Labute approximate surface area is 121 Å². The van der Waals surface area contributed by atoms with Crippen LogP contribution in [-0.4, -0.2) is 24.2 Å². The van der Waals surface area contributed by atoms with Gasteiger partial charge >= 0.3 is 0 Å².